The van der Waals surface area contributed by atoms with Gasteiger partial charge in [-0.3, -0.25) is 4.79 Å². The molecule has 0 aliphatic rings. The van der Waals surface area contributed by atoms with Crippen molar-refractivity contribution < 1.29 is 29.6 Å². The van der Waals surface area contributed by atoms with Crippen molar-refractivity contribution in [2.24, 2.45) is 0 Å². The fraction of sp³-hybridized carbons (Fsp3) is 0.292. The quantitative estimate of drug-likeness (QED) is 0.264. The maximum Gasteiger partial charge on any atom is 0.208 e. The number of rotatable bonds is 5. The number of allylic oxidation sites excluding steroid dienone is 3. The molecule has 0 radical (unpaired) electrons. The van der Waals surface area contributed by atoms with Gasteiger partial charge in [-0.1, -0.05) is 31.6 Å². The van der Waals surface area contributed by atoms with E-state index in [1.54, 1.807) is 26.0 Å². The first kappa shape index (κ1) is 22.1. The highest BCUT2D eigenvalue weighted by Gasteiger charge is 2.31. The van der Waals surface area contributed by atoms with Crippen molar-refractivity contribution in [1.82, 2.24) is 0 Å². The van der Waals surface area contributed by atoms with E-state index in [4.69, 9.17) is 9.15 Å². The standard InChI is InChI=1S/C24H26O7/c1-7-24(4,5)17-14(26)10-13(25)16-19(28)15-12(9-8-11(2)3)18(27)20(29)23(30-6)22(15)31-21(16)17/h7-8,10,25-27,29H,1,9H2,2-6H3. The van der Waals surface area contributed by atoms with Crippen molar-refractivity contribution in [2.75, 3.05) is 7.11 Å². The van der Waals surface area contributed by atoms with E-state index in [2.05, 4.69) is 6.58 Å². The lowest BCUT2D eigenvalue weighted by molar-refractivity contribution is 0.348. The minimum Gasteiger partial charge on any atom is -0.507 e. The third kappa shape index (κ3) is 3.36. The number of fused-ring (bicyclic) bond motifs is 2. The molecule has 3 aromatic rings. The van der Waals surface area contributed by atoms with Gasteiger partial charge in [-0.25, -0.2) is 0 Å². The number of aromatic hydroxyl groups is 4. The normalized spacial score (nSPS) is 11.6. The van der Waals surface area contributed by atoms with Crippen LogP contribution in [0.4, 0.5) is 0 Å². The van der Waals surface area contributed by atoms with Gasteiger partial charge in [-0.15, -0.1) is 6.58 Å². The van der Waals surface area contributed by atoms with Crippen LogP contribution in [0.1, 0.15) is 38.8 Å². The Morgan fingerprint density at radius 1 is 1.10 bits per heavy atom. The van der Waals surface area contributed by atoms with Crippen LogP contribution in [-0.2, 0) is 11.8 Å². The zero-order valence-corrected chi connectivity index (χ0v) is 18.2. The summed E-state index contributed by atoms with van der Waals surface area (Å²) in [6.45, 7) is 11.0. The van der Waals surface area contributed by atoms with Crippen molar-refractivity contribution in [2.45, 2.75) is 39.5 Å². The van der Waals surface area contributed by atoms with Gasteiger partial charge in [-0.2, -0.15) is 0 Å². The van der Waals surface area contributed by atoms with Crippen LogP contribution in [0.5, 0.6) is 28.7 Å². The van der Waals surface area contributed by atoms with Gasteiger partial charge in [0.2, 0.25) is 16.9 Å². The van der Waals surface area contributed by atoms with E-state index >= 15 is 0 Å². The number of hydrogen-bond acceptors (Lipinski definition) is 7. The average Bonchev–Trinajstić information content (AvgIpc) is 2.68. The predicted molar refractivity (Wildman–Crippen MR) is 120 cm³/mol. The fourth-order valence-electron chi connectivity index (χ4n) is 3.66. The van der Waals surface area contributed by atoms with Crippen LogP contribution >= 0.6 is 0 Å². The molecule has 3 rings (SSSR count). The summed E-state index contributed by atoms with van der Waals surface area (Å²) in [4.78, 5) is 13.6. The first-order valence-electron chi connectivity index (χ1n) is 9.69. The Bertz CT molecular complexity index is 1310. The molecule has 0 aliphatic carbocycles. The van der Waals surface area contributed by atoms with E-state index in [9.17, 15) is 25.2 Å². The van der Waals surface area contributed by atoms with Gasteiger partial charge in [0.15, 0.2) is 11.3 Å². The van der Waals surface area contributed by atoms with Crippen LogP contribution in [0, 0.1) is 0 Å². The average molecular weight is 426 g/mol. The molecule has 1 aromatic heterocycles. The minimum absolute atomic E-state index is 0.0273. The van der Waals surface area contributed by atoms with Gasteiger partial charge in [0.1, 0.15) is 22.5 Å². The van der Waals surface area contributed by atoms with Crippen molar-refractivity contribution in [3.05, 3.63) is 51.7 Å². The molecule has 0 spiro atoms. The lowest BCUT2D eigenvalue weighted by Crippen LogP contribution is -2.16. The predicted octanol–water partition coefficient (Wildman–Crippen LogP) is 4.75. The number of benzene rings is 2. The molecule has 0 aliphatic heterocycles. The van der Waals surface area contributed by atoms with Gasteiger partial charge in [0.25, 0.3) is 0 Å². The summed E-state index contributed by atoms with van der Waals surface area (Å²) in [5.41, 5.74) is -0.278. The zero-order chi connectivity index (χ0) is 23.2. The molecule has 1 heterocycles. The van der Waals surface area contributed by atoms with Crippen LogP contribution in [0.3, 0.4) is 0 Å². The molecule has 7 nitrogen and oxygen atoms in total. The molecule has 7 heteroatoms. The smallest absolute Gasteiger partial charge is 0.208 e. The summed E-state index contributed by atoms with van der Waals surface area (Å²) < 4.78 is 11.3. The molecule has 0 unspecified atom stereocenters. The second kappa shape index (κ2) is 7.58. The summed E-state index contributed by atoms with van der Waals surface area (Å²) in [7, 11) is 1.27. The number of phenolic OH excluding ortho intramolecular Hbond substituents is 4. The highest BCUT2D eigenvalue weighted by atomic mass is 16.5. The molecule has 0 amide bonds. The summed E-state index contributed by atoms with van der Waals surface area (Å²) in [6, 6.07) is 1.08. The molecule has 0 atom stereocenters. The van der Waals surface area contributed by atoms with Crippen LogP contribution in [0.15, 0.2) is 39.6 Å². The second-order valence-corrected chi connectivity index (χ2v) is 8.25. The van der Waals surface area contributed by atoms with Crippen molar-refractivity contribution in [3.63, 3.8) is 0 Å². The lowest BCUT2D eigenvalue weighted by Gasteiger charge is -2.23. The lowest BCUT2D eigenvalue weighted by atomic mass is 9.82. The van der Waals surface area contributed by atoms with Crippen LogP contribution in [-0.4, -0.2) is 27.5 Å². The fourth-order valence-corrected chi connectivity index (χ4v) is 3.66. The first-order valence-corrected chi connectivity index (χ1v) is 9.69. The molecule has 164 valence electrons. The minimum atomic E-state index is -0.823. The van der Waals surface area contributed by atoms with E-state index in [-0.39, 0.29) is 51.0 Å². The summed E-state index contributed by atoms with van der Waals surface area (Å²) >= 11 is 0. The molecule has 0 bridgehead atoms. The molecule has 4 N–H and O–H groups in total. The van der Waals surface area contributed by atoms with Crippen LogP contribution < -0.4 is 10.2 Å². The SMILES string of the molecule is C=CC(C)(C)c1c(O)cc(O)c2c(=O)c3c(CC=C(C)C)c(O)c(O)c(OC)c3oc12. The Labute approximate surface area is 179 Å². The number of methoxy groups -OCH3 is 1. The van der Waals surface area contributed by atoms with Gasteiger partial charge < -0.3 is 29.6 Å². The van der Waals surface area contributed by atoms with E-state index in [1.165, 1.54) is 7.11 Å². The molecule has 0 saturated heterocycles. The molecule has 31 heavy (non-hydrogen) atoms. The molecular weight excluding hydrogens is 400 g/mol. The third-order valence-electron chi connectivity index (χ3n) is 5.43. The van der Waals surface area contributed by atoms with E-state index < -0.39 is 28.1 Å². The Morgan fingerprint density at radius 3 is 2.29 bits per heavy atom. The van der Waals surface area contributed by atoms with E-state index in [0.717, 1.165) is 11.6 Å². The van der Waals surface area contributed by atoms with Crippen LogP contribution in [0.2, 0.25) is 0 Å². The maximum atomic E-state index is 13.6. The van der Waals surface area contributed by atoms with Gasteiger partial charge >= 0.3 is 0 Å². The Kier molecular flexibility index (Phi) is 5.40. The largest absolute Gasteiger partial charge is 0.507 e. The second-order valence-electron chi connectivity index (χ2n) is 8.25. The molecule has 0 saturated carbocycles. The number of ether oxygens (including phenoxy) is 1. The topological polar surface area (TPSA) is 120 Å². The monoisotopic (exact) mass is 426 g/mol. The van der Waals surface area contributed by atoms with E-state index in [1.807, 2.05) is 13.8 Å². The van der Waals surface area contributed by atoms with Crippen molar-refractivity contribution in [1.29, 1.82) is 0 Å². The first-order chi connectivity index (χ1) is 14.5. The summed E-state index contributed by atoms with van der Waals surface area (Å²) in [6.07, 6.45) is 3.50. The van der Waals surface area contributed by atoms with Gasteiger partial charge in [0, 0.05) is 22.6 Å². The van der Waals surface area contributed by atoms with Gasteiger partial charge in [-0.05, 0) is 20.3 Å². The Hall–Kier alpha value is -3.61. The molecule has 2 aromatic carbocycles. The third-order valence-corrected chi connectivity index (χ3v) is 5.43. The highest BCUT2D eigenvalue weighted by molar-refractivity contribution is 6.01. The van der Waals surface area contributed by atoms with E-state index in [0.29, 0.717) is 0 Å². The van der Waals surface area contributed by atoms with Crippen molar-refractivity contribution >= 4 is 21.9 Å². The number of phenols is 4. The number of hydrogen-bond donors (Lipinski definition) is 4. The van der Waals surface area contributed by atoms with Gasteiger partial charge in [0.05, 0.1) is 12.5 Å². The summed E-state index contributed by atoms with van der Waals surface area (Å²) in [5, 5.41) is 42.0. The molecule has 0 fully saturated rings. The zero-order valence-electron chi connectivity index (χ0n) is 18.2. The Morgan fingerprint density at radius 2 is 1.74 bits per heavy atom. The molecular formula is C24H26O7. The Balaban J connectivity index is 2.68. The maximum absolute atomic E-state index is 13.6. The van der Waals surface area contributed by atoms with Crippen molar-refractivity contribution in [3.8, 4) is 28.7 Å². The summed E-state index contributed by atoms with van der Waals surface area (Å²) in [5.74, 6) is -2.03. The van der Waals surface area contributed by atoms with Crippen LogP contribution in [0.25, 0.3) is 21.9 Å². The highest BCUT2D eigenvalue weighted by Crippen LogP contribution is 2.48.